The van der Waals surface area contributed by atoms with Crippen LogP contribution >= 0.6 is 112 Å². The molecule has 7 heteroatoms. The van der Waals surface area contributed by atoms with E-state index in [1.54, 1.807) is 0 Å². The topological polar surface area (TPSA) is 0 Å². The SMILES string of the molecule is Brc1ccc2c(Br)c3c(c(Br)c2c1)[C@@H](Br)[C@H](Br)[C@H](Br)[C@H]3Br. The standard InChI is InChI=1S/C14H7Br7/c15-4-1-2-5-6(3-4)10(17)8-7(9(5)16)11(18)13(20)14(21)12(8)19/h1-3,11-14H/t11-,12+,13+,14-/m0/s1. The quantitative estimate of drug-likeness (QED) is 0.238. The molecule has 2 aromatic rings. The summed E-state index contributed by atoms with van der Waals surface area (Å²) in [6.07, 6.45) is 0. The Morgan fingerprint density at radius 1 is 0.667 bits per heavy atom. The Morgan fingerprint density at radius 2 is 1.14 bits per heavy atom. The van der Waals surface area contributed by atoms with E-state index < -0.39 is 0 Å². The Labute approximate surface area is 182 Å². The second-order valence-electron chi connectivity index (χ2n) is 4.84. The molecule has 0 bridgehead atoms. The summed E-state index contributed by atoms with van der Waals surface area (Å²) < 4.78 is 3.37. The van der Waals surface area contributed by atoms with E-state index in [1.807, 2.05) is 0 Å². The zero-order chi connectivity index (χ0) is 15.5. The molecule has 3 rings (SSSR count). The van der Waals surface area contributed by atoms with E-state index in [0.29, 0.717) is 9.65 Å². The summed E-state index contributed by atoms with van der Waals surface area (Å²) in [5, 5.41) is 2.41. The number of fused-ring (bicyclic) bond motifs is 2. The summed E-state index contributed by atoms with van der Waals surface area (Å²) in [5.74, 6) is 0. The first kappa shape index (κ1) is 17.9. The largest absolute Gasteiger partial charge is 0.0862 e. The van der Waals surface area contributed by atoms with Gasteiger partial charge in [0.2, 0.25) is 0 Å². The Balaban J connectivity index is 2.44. The van der Waals surface area contributed by atoms with Gasteiger partial charge in [-0.05, 0) is 65.9 Å². The highest BCUT2D eigenvalue weighted by Crippen LogP contribution is 2.56. The third kappa shape index (κ3) is 2.93. The fraction of sp³-hybridized carbons (Fsp3) is 0.286. The van der Waals surface area contributed by atoms with Gasteiger partial charge in [-0.3, -0.25) is 0 Å². The maximum atomic E-state index is 3.85. The predicted molar refractivity (Wildman–Crippen MR) is 116 cm³/mol. The maximum absolute atomic E-state index is 3.85. The van der Waals surface area contributed by atoms with Crippen molar-refractivity contribution >= 4 is 122 Å². The van der Waals surface area contributed by atoms with Gasteiger partial charge >= 0.3 is 0 Å². The molecule has 0 heterocycles. The van der Waals surface area contributed by atoms with E-state index in [2.05, 4.69) is 130 Å². The van der Waals surface area contributed by atoms with Crippen LogP contribution in [0.4, 0.5) is 0 Å². The first-order chi connectivity index (χ1) is 9.84. The Hall–Kier alpha value is 2.06. The molecule has 0 amide bonds. The van der Waals surface area contributed by atoms with Crippen LogP contribution < -0.4 is 0 Å². The lowest BCUT2D eigenvalue weighted by Crippen LogP contribution is -2.30. The van der Waals surface area contributed by atoms with Crippen LogP contribution in [0.1, 0.15) is 20.8 Å². The second-order valence-corrected chi connectivity index (χ2v) is 11.4. The Bertz CT molecular complexity index is 727. The van der Waals surface area contributed by atoms with Gasteiger partial charge in [-0.15, -0.1) is 0 Å². The fourth-order valence-electron chi connectivity index (χ4n) is 2.60. The molecule has 0 saturated carbocycles. The van der Waals surface area contributed by atoms with Crippen LogP contribution in [0.25, 0.3) is 10.8 Å². The molecule has 0 aliphatic heterocycles. The van der Waals surface area contributed by atoms with Gasteiger partial charge in [0.1, 0.15) is 0 Å². The number of benzene rings is 2. The van der Waals surface area contributed by atoms with Crippen molar-refractivity contribution in [2.24, 2.45) is 0 Å². The van der Waals surface area contributed by atoms with Gasteiger partial charge in [-0.2, -0.15) is 0 Å². The monoisotopic (exact) mass is 727 g/mol. The normalized spacial score (nSPS) is 28.7. The van der Waals surface area contributed by atoms with Crippen molar-refractivity contribution in [3.63, 3.8) is 0 Å². The molecule has 0 saturated heterocycles. The van der Waals surface area contributed by atoms with Gasteiger partial charge < -0.3 is 0 Å². The summed E-state index contributed by atoms with van der Waals surface area (Å²) in [5.41, 5.74) is 2.57. The third-order valence-electron chi connectivity index (χ3n) is 3.63. The molecule has 21 heavy (non-hydrogen) atoms. The minimum absolute atomic E-state index is 0.222. The first-order valence-corrected chi connectivity index (χ1v) is 12.0. The number of halogens is 7. The van der Waals surface area contributed by atoms with E-state index in [9.17, 15) is 0 Å². The van der Waals surface area contributed by atoms with Crippen molar-refractivity contribution in [2.75, 3.05) is 0 Å². The molecule has 2 aromatic carbocycles. The van der Waals surface area contributed by atoms with Crippen LogP contribution in [-0.2, 0) is 0 Å². The van der Waals surface area contributed by atoms with E-state index in [-0.39, 0.29) is 9.65 Å². The maximum Gasteiger partial charge on any atom is 0.0546 e. The van der Waals surface area contributed by atoms with Crippen LogP contribution in [0.5, 0.6) is 0 Å². The number of hydrogen-bond acceptors (Lipinski definition) is 0. The molecule has 0 nitrogen and oxygen atoms in total. The van der Waals surface area contributed by atoms with E-state index in [4.69, 9.17) is 0 Å². The molecule has 0 fully saturated rings. The molecule has 0 aromatic heterocycles. The lowest BCUT2D eigenvalue weighted by Gasteiger charge is -2.36. The minimum Gasteiger partial charge on any atom is -0.0862 e. The van der Waals surface area contributed by atoms with Crippen LogP contribution in [0.2, 0.25) is 0 Å². The minimum atomic E-state index is 0.222. The van der Waals surface area contributed by atoms with Crippen molar-refractivity contribution in [2.45, 2.75) is 19.3 Å². The highest BCUT2D eigenvalue weighted by molar-refractivity contribution is 9.14. The molecule has 112 valence electrons. The van der Waals surface area contributed by atoms with Gasteiger partial charge in [0, 0.05) is 23.1 Å². The van der Waals surface area contributed by atoms with E-state index in [0.717, 1.165) is 13.4 Å². The molecular formula is C14H7Br7. The fourth-order valence-corrected chi connectivity index (χ4v) is 8.73. The van der Waals surface area contributed by atoms with Gasteiger partial charge in [0.15, 0.2) is 0 Å². The molecule has 0 spiro atoms. The number of hydrogen-bond donors (Lipinski definition) is 0. The summed E-state index contributed by atoms with van der Waals surface area (Å²) >= 11 is 26.5. The van der Waals surface area contributed by atoms with Crippen molar-refractivity contribution < 1.29 is 0 Å². The van der Waals surface area contributed by atoms with E-state index >= 15 is 0 Å². The average Bonchev–Trinajstić information content (AvgIpc) is 2.46. The van der Waals surface area contributed by atoms with Crippen molar-refractivity contribution in [1.29, 1.82) is 0 Å². The van der Waals surface area contributed by atoms with E-state index in [1.165, 1.54) is 21.9 Å². The van der Waals surface area contributed by atoms with Crippen molar-refractivity contribution in [3.05, 3.63) is 42.7 Å². The molecule has 0 radical (unpaired) electrons. The first-order valence-electron chi connectivity index (χ1n) is 6.01. The zero-order valence-corrected chi connectivity index (χ0v) is 21.3. The number of rotatable bonds is 0. The van der Waals surface area contributed by atoms with Gasteiger partial charge in [0.25, 0.3) is 0 Å². The smallest absolute Gasteiger partial charge is 0.0546 e. The van der Waals surface area contributed by atoms with Crippen molar-refractivity contribution in [3.8, 4) is 0 Å². The zero-order valence-electron chi connectivity index (χ0n) is 10.2. The van der Waals surface area contributed by atoms with Gasteiger partial charge in [0.05, 0.1) is 9.65 Å². The summed E-state index contributed by atoms with van der Waals surface area (Å²) in [6, 6.07) is 6.36. The molecule has 4 atom stereocenters. The predicted octanol–water partition coefficient (Wildman–Crippen LogP) is 8.54. The highest BCUT2D eigenvalue weighted by Gasteiger charge is 2.41. The van der Waals surface area contributed by atoms with Gasteiger partial charge in [-0.1, -0.05) is 85.7 Å². The number of alkyl halides is 4. The second kappa shape index (κ2) is 6.75. The molecule has 0 unspecified atom stereocenters. The van der Waals surface area contributed by atoms with Crippen LogP contribution in [-0.4, -0.2) is 9.65 Å². The molecular weight excluding hydrogens is 727 g/mol. The molecule has 1 aliphatic rings. The summed E-state index contributed by atoms with van der Waals surface area (Å²) in [7, 11) is 0. The lowest BCUT2D eigenvalue weighted by molar-refractivity contribution is 0.725. The highest BCUT2D eigenvalue weighted by atomic mass is 79.9. The summed E-state index contributed by atoms with van der Waals surface area (Å²) in [4.78, 5) is 1.04. The molecule has 0 N–H and O–H groups in total. The third-order valence-corrected chi connectivity index (χ3v) is 12.2. The van der Waals surface area contributed by atoms with Crippen LogP contribution in [0.15, 0.2) is 31.6 Å². The van der Waals surface area contributed by atoms with Gasteiger partial charge in [-0.25, -0.2) is 0 Å². The summed E-state index contributed by atoms with van der Waals surface area (Å²) in [6.45, 7) is 0. The molecule has 1 aliphatic carbocycles. The Kier molecular flexibility index (Phi) is 5.75. The van der Waals surface area contributed by atoms with Crippen LogP contribution in [0.3, 0.4) is 0 Å². The van der Waals surface area contributed by atoms with Crippen LogP contribution in [0, 0.1) is 0 Å². The lowest BCUT2D eigenvalue weighted by atomic mass is 9.89. The Morgan fingerprint density at radius 3 is 1.67 bits per heavy atom. The average molecular weight is 735 g/mol. The van der Waals surface area contributed by atoms with Crippen molar-refractivity contribution in [1.82, 2.24) is 0 Å².